The first kappa shape index (κ1) is 14.4. The topological polar surface area (TPSA) is 57.6 Å². The zero-order valence-corrected chi connectivity index (χ0v) is 12.8. The molecule has 0 bridgehead atoms. The van der Waals surface area contributed by atoms with Crippen molar-refractivity contribution in [1.82, 2.24) is 4.90 Å². The number of carboxylic acids is 1. The lowest BCUT2D eigenvalue weighted by molar-refractivity contribution is -0.143. The van der Waals surface area contributed by atoms with Crippen LogP contribution in [-0.4, -0.2) is 35.0 Å². The molecule has 1 aliphatic rings. The zero-order valence-electron chi connectivity index (χ0n) is 11.2. The number of thiophene rings is 1. The Labute approximate surface area is 130 Å². The summed E-state index contributed by atoms with van der Waals surface area (Å²) in [5.41, 5.74) is 0. The molecule has 1 aromatic carbocycles. The molecule has 1 fully saturated rings. The first-order chi connectivity index (χ1) is 10.1. The Morgan fingerprint density at radius 3 is 2.81 bits per heavy atom. The van der Waals surface area contributed by atoms with Gasteiger partial charge < -0.3 is 10.0 Å². The first-order valence-electron chi connectivity index (χ1n) is 6.77. The second kappa shape index (κ2) is 5.66. The maximum atomic E-state index is 12.6. The van der Waals surface area contributed by atoms with E-state index in [0.717, 1.165) is 10.1 Å². The fraction of sp³-hybridized carbons (Fsp3) is 0.333. The molecule has 0 spiro atoms. The van der Waals surface area contributed by atoms with Crippen LogP contribution in [0.25, 0.3) is 10.1 Å². The molecule has 0 radical (unpaired) electrons. The van der Waals surface area contributed by atoms with Gasteiger partial charge in [-0.2, -0.15) is 0 Å². The fourth-order valence-electron chi connectivity index (χ4n) is 2.66. The second-order valence-electron chi connectivity index (χ2n) is 5.17. The molecule has 0 unspecified atom stereocenters. The van der Waals surface area contributed by atoms with Crippen LogP contribution in [-0.2, 0) is 4.79 Å². The average Bonchev–Trinajstić information content (AvgIpc) is 2.84. The Hall–Kier alpha value is -1.59. The summed E-state index contributed by atoms with van der Waals surface area (Å²) in [6, 6.07) is 7.61. The van der Waals surface area contributed by atoms with E-state index in [-0.39, 0.29) is 12.5 Å². The number of fused-ring (bicyclic) bond motifs is 1. The smallest absolute Gasteiger partial charge is 0.308 e. The lowest BCUT2D eigenvalue weighted by atomic mass is 9.98. The highest BCUT2D eigenvalue weighted by Gasteiger charge is 2.30. The minimum Gasteiger partial charge on any atom is -0.481 e. The number of nitrogens with zero attached hydrogens (tertiary/aromatic N) is 1. The predicted molar refractivity (Wildman–Crippen MR) is 83.1 cm³/mol. The maximum absolute atomic E-state index is 12.6. The summed E-state index contributed by atoms with van der Waals surface area (Å²) in [7, 11) is 0. The molecular weight excluding hydrogens is 310 g/mol. The van der Waals surface area contributed by atoms with Gasteiger partial charge >= 0.3 is 5.97 Å². The summed E-state index contributed by atoms with van der Waals surface area (Å²) in [5.74, 6) is -1.47. The van der Waals surface area contributed by atoms with E-state index < -0.39 is 11.9 Å². The highest BCUT2D eigenvalue weighted by atomic mass is 35.5. The van der Waals surface area contributed by atoms with E-state index in [0.29, 0.717) is 29.3 Å². The lowest BCUT2D eigenvalue weighted by Gasteiger charge is -2.30. The molecule has 1 N–H and O–H groups in total. The SMILES string of the molecule is O=C(O)[C@H]1CCCN(C(=O)c2sc3ccccc3c2Cl)C1. The van der Waals surface area contributed by atoms with Gasteiger partial charge in [-0.3, -0.25) is 9.59 Å². The van der Waals surface area contributed by atoms with Crippen molar-refractivity contribution in [2.75, 3.05) is 13.1 Å². The number of carboxylic acid groups (broad SMARTS) is 1. The van der Waals surface area contributed by atoms with E-state index in [9.17, 15) is 9.59 Å². The van der Waals surface area contributed by atoms with Crippen LogP contribution < -0.4 is 0 Å². The highest BCUT2D eigenvalue weighted by Crippen LogP contribution is 2.36. The van der Waals surface area contributed by atoms with Gasteiger partial charge in [0.05, 0.1) is 10.9 Å². The minimum atomic E-state index is -0.838. The van der Waals surface area contributed by atoms with Crippen molar-refractivity contribution in [3.63, 3.8) is 0 Å². The molecule has 21 heavy (non-hydrogen) atoms. The molecule has 2 aromatic rings. The van der Waals surface area contributed by atoms with Crippen LogP contribution >= 0.6 is 22.9 Å². The van der Waals surface area contributed by atoms with Crippen molar-refractivity contribution in [2.45, 2.75) is 12.8 Å². The molecule has 2 heterocycles. The largest absolute Gasteiger partial charge is 0.481 e. The van der Waals surface area contributed by atoms with Gasteiger partial charge in [-0.05, 0) is 18.9 Å². The molecular formula is C15H14ClNO3S. The molecule has 110 valence electrons. The van der Waals surface area contributed by atoms with Crippen LogP contribution in [0.3, 0.4) is 0 Å². The molecule has 0 saturated carbocycles. The van der Waals surface area contributed by atoms with Crippen molar-refractivity contribution in [3.8, 4) is 0 Å². The Kier molecular flexibility index (Phi) is 3.87. The number of hydrogen-bond acceptors (Lipinski definition) is 3. The maximum Gasteiger partial charge on any atom is 0.308 e. The zero-order chi connectivity index (χ0) is 15.0. The minimum absolute atomic E-state index is 0.160. The summed E-state index contributed by atoms with van der Waals surface area (Å²) in [6.45, 7) is 0.853. The van der Waals surface area contributed by atoms with Gasteiger partial charge in [0, 0.05) is 23.2 Å². The number of rotatable bonds is 2. The number of amides is 1. The molecule has 3 rings (SSSR count). The third-order valence-corrected chi connectivity index (χ3v) is 5.45. The van der Waals surface area contributed by atoms with Crippen molar-refractivity contribution in [3.05, 3.63) is 34.2 Å². The summed E-state index contributed by atoms with van der Waals surface area (Å²) >= 11 is 7.68. The lowest BCUT2D eigenvalue weighted by Crippen LogP contribution is -2.42. The Balaban J connectivity index is 1.90. The monoisotopic (exact) mass is 323 g/mol. The summed E-state index contributed by atoms with van der Waals surface area (Å²) in [5, 5.41) is 10.5. The number of benzene rings is 1. The van der Waals surface area contributed by atoms with Crippen molar-refractivity contribution in [2.24, 2.45) is 5.92 Å². The number of halogens is 1. The fourth-order valence-corrected chi connectivity index (χ4v) is 4.14. The molecule has 1 atom stereocenters. The number of piperidine rings is 1. The van der Waals surface area contributed by atoms with Gasteiger partial charge in [-0.15, -0.1) is 11.3 Å². The number of likely N-dealkylation sites (tertiary alicyclic amines) is 1. The number of hydrogen-bond donors (Lipinski definition) is 1. The molecule has 6 heteroatoms. The van der Waals surface area contributed by atoms with Crippen LogP contribution in [0.4, 0.5) is 0 Å². The molecule has 1 amide bonds. The normalized spacial score (nSPS) is 18.9. The van der Waals surface area contributed by atoms with Gasteiger partial charge in [0.15, 0.2) is 0 Å². The molecule has 1 aliphatic heterocycles. The van der Waals surface area contributed by atoms with Gasteiger partial charge in [0.25, 0.3) is 5.91 Å². The first-order valence-corrected chi connectivity index (χ1v) is 7.96. The Morgan fingerprint density at radius 1 is 1.33 bits per heavy atom. The van der Waals surface area contributed by atoms with Gasteiger partial charge in [-0.1, -0.05) is 29.8 Å². The number of aliphatic carboxylic acids is 1. The van der Waals surface area contributed by atoms with Crippen molar-refractivity contribution < 1.29 is 14.7 Å². The van der Waals surface area contributed by atoms with Crippen molar-refractivity contribution in [1.29, 1.82) is 0 Å². The Morgan fingerprint density at radius 2 is 2.10 bits per heavy atom. The molecule has 0 aliphatic carbocycles. The highest BCUT2D eigenvalue weighted by molar-refractivity contribution is 7.21. The standard InChI is InChI=1S/C15H14ClNO3S/c16-12-10-5-1-2-6-11(10)21-13(12)14(18)17-7-3-4-9(8-17)15(19)20/h1-2,5-6,9H,3-4,7-8H2,(H,19,20)/t9-/m0/s1. The van der Waals surface area contributed by atoms with Crippen LogP contribution in [0, 0.1) is 5.92 Å². The third-order valence-electron chi connectivity index (χ3n) is 3.79. The van der Waals surface area contributed by atoms with Gasteiger partial charge in [0.1, 0.15) is 4.88 Å². The number of carbonyl (C=O) groups is 2. The van der Waals surface area contributed by atoms with Gasteiger partial charge in [0.2, 0.25) is 0 Å². The Bertz CT molecular complexity index is 712. The van der Waals surface area contributed by atoms with Crippen LogP contribution in [0.2, 0.25) is 5.02 Å². The van der Waals surface area contributed by atoms with Crippen LogP contribution in [0.1, 0.15) is 22.5 Å². The average molecular weight is 324 g/mol. The van der Waals surface area contributed by atoms with E-state index >= 15 is 0 Å². The molecule has 4 nitrogen and oxygen atoms in total. The summed E-state index contributed by atoms with van der Waals surface area (Å²) in [4.78, 5) is 25.8. The predicted octanol–water partition coefficient (Wildman–Crippen LogP) is 3.49. The summed E-state index contributed by atoms with van der Waals surface area (Å²) < 4.78 is 0.970. The second-order valence-corrected chi connectivity index (χ2v) is 6.60. The third kappa shape index (κ3) is 2.63. The van der Waals surface area contributed by atoms with Gasteiger partial charge in [-0.25, -0.2) is 0 Å². The van der Waals surface area contributed by atoms with E-state index in [1.807, 2.05) is 24.3 Å². The van der Waals surface area contributed by atoms with E-state index in [1.54, 1.807) is 4.90 Å². The van der Waals surface area contributed by atoms with Crippen LogP contribution in [0.15, 0.2) is 24.3 Å². The van der Waals surface area contributed by atoms with Crippen LogP contribution in [0.5, 0.6) is 0 Å². The van der Waals surface area contributed by atoms with E-state index in [1.165, 1.54) is 11.3 Å². The molecule has 1 aromatic heterocycles. The molecule has 1 saturated heterocycles. The quantitative estimate of drug-likeness (QED) is 0.920. The van der Waals surface area contributed by atoms with E-state index in [2.05, 4.69) is 0 Å². The number of carbonyl (C=O) groups excluding carboxylic acids is 1. The van der Waals surface area contributed by atoms with Crippen molar-refractivity contribution >= 4 is 44.9 Å². The summed E-state index contributed by atoms with van der Waals surface area (Å²) in [6.07, 6.45) is 1.34. The van der Waals surface area contributed by atoms with E-state index in [4.69, 9.17) is 16.7 Å².